The molecule has 1 heteroatoms. The first-order valence-electron chi connectivity index (χ1n) is 6.48. The van der Waals surface area contributed by atoms with Crippen molar-refractivity contribution in [2.75, 3.05) is 5.32 Å². The first kappa shape index (κ1) is 10.4. The highest BCUT2D eigenvalue weighted by molar-refractivity contribution is 6.12. The van der Waals surface area contributed by atoms with Gasteiger partial charge in [-0.25, -0.2) is 0 Å². The summed E-state index contributed by atoms with van der Waals surface area (Å²) in [7, 11) is 0. The fourth-order valence-corrected chi connectivity index (χ4v) is 2.75. The third kappa shape index (κ3) is 1.55. The second-order valence-electron chi connectivity index (χ2n) is 4.77. The molecule has 0 aliphatic carbocycles. The van der Waals surface area contributed by atoms with Crippen molar-refractivity contribution in [1.82, 2.24) is 0 Å². The molecule has 3 aromatic carbocycles. The van der Waals surface area contributed by atoms with Crippen LogP contribution in [0, 0.1) is 0 Å². The normalized spacial score (nSPS) is 13.3. The van der Waals surface area contributed by atoms with Gasteiger partial charge >= 0.3 is 0 Å². The van der Waals surface area contributed by atoms with Crippen LogP contribution in [0.25, 0.3) is 27.6 Å². The molecule has 0 radical (unpaired) electrons. The minimum Gasteiger partial charge on any atom is -0.361 e. The Balaban J connectivity index is 2.16. The lowest BCUT2D eigenvalue weighted by Gasteiger charge is -2.11. The number of fused-ring (bicyclic) bond motifs is 5. The van der Waals surface area contributed by atoms with Crippen LogP contribution in [0.5, 0.6) is 0 Å². The minimum absolute atomic E-state index is 1.19. The largest absolute Gasteiger partial charge is 0.361 e. The van der Waals surface area contributed by atoms with Gasteiger partial charge < -0.3 is 5.32 Å². The zero-order valence-electron chi connectivity index (χ0n) is 10.4. The Labute approximate surface area is 111 Å². The maximum atomic E-state index is 3.39. The summed E-state index contributed by atoms with van der Waals surface area (Å²) in [6.07, 6.45) is 8.20. The van der Waals surface area contributed by atoms with E-state index in [1.54, 1.807) is 0 Å². The van der Waals surface area contributed by atoms with Gasteiger partial charge in [0.15, 0.2) is 0 Å². The summed E-state index contributed by atoms with van der Waals surface area (Å²) in [5.41, 5.74) is 2.42. The summed E-state index contributed by atoms with van der Waals surface area (Å²) in [4.78, 5) is 0. The van der Waals surface area contributed by atoms with Gasteiger partial charge in [-0.2, -0.15) is 0 Å². The minimum atomic E-state index is 1.19. The van der Waals surface area contributed by atoms with Crippen LogP contribution >= 0.6 is 0 Å². The van der Waals surface area contributed by atoms with E-state index in [1.165, 1.54) is 32.8 Å². The fraction of sp³-hybridized carbons (Fsp3) is 0. The molecule has 1 N–H and O–H groups in total. The molecule has 1 aliphatic rings. The van der Waals surface area contributed by atoms with Crippen molar-refractivity contribution < 1.29 is 0 Å². The van der Waals surface area contributed by atoms with E-state index in [0.717, 1.165) is 0 Å². The van der Waals surface area contributed by atoms with Crippen molar-refractivity contribution in [1.29, 1.82) is 0 Å². The highest BCUT2D eigenvalue weighted by atomic mass is 14.8. The van der Waals surface area contributed by atoms with Crippen LogP contribution < -0.4 is 5.32 Å². The van der Waals surface area contributed by atoms with Crippen LogP contribution in [0.4, 0.5) is 5.69 Å². The molecule has 19 heavy (non-hydrogen) atoms. The molecule has 0 bridgehead atoms. The van der Waals surface area contributed by atoms with Crippen LogP contribution in [0.15, 0.2) is 66.9 Å². The molecule has 1 heterocycles. The molecule has 0 aromatic heterocycles. The third-order valence-electron chi connectivity index (χ3n) is 3.67. The molecule has 0 spiro atoms. The van der Waals surface area contributed by atoms with Crippen LogP contribution in [0.2, 0.25) is 0 Å². The van der Waals surface area contributed by atoms with E-state index < -0.39 is 0 Å². The van der Waals surface area contributed by atoms with Crippen molar-refractivity contribution in [2.45, 2.75) is 0 Å². The lowest BCUT2D eigenvalue weighted by Crippen LogP contribution is -1.91. The Hall–Kier alpha value is -2.54. The van der Waals surface area contributed by atoms with Crippen LogP contribution in [-0.2, 0) is 0 Å². The molecule has 90 valence electrons. The molecular formula is C18H13N. The molecule has 0 fully saturated rings. The number of allylic oxidation sites excluding steroid dienone is 2. The number of rotatable bonds is 0. The van der Waals surface area contributed by atoms with E-state index in [9.17, 15) is 0 Å². The summed E-state index contributed by atoms with van der Waals surface area (Å²) in [5, 5.41) is 8.55. The summed E-state index contributed by atoms with van der Waals surface area (Å²) in [6, 6.07) is 17.3. The second-order valence-corrected chi connectivity index (χ2v) is 4.77. The second kappa shape index (κ2) is 3.99. The van der Waals surface area contributed by atoms with Crippen LogP contribution in [0.3, 0.4) is 0 Å². The first-order valence-corrected chi connectivity index (χ1v) is 6.48. The number of anilines is 1. The Morgan fingerprint density at radius 2 is 1.58 bits per heavy atom. The molecule has 3 aromatic rings. The molecule has 1 nitrogen and oxygen atoms in total. The number of hydrogen-bond donors (Lipinski definition) is 1. The lowest BCUT2D eigenvalue weighted by molar-refractivity contribution is 1.62. The Kier molecular flexibility index (Phi) is 2.18. The lowest BCUT2D eigenvalue weighted by atomic mass is 9.98. The van der Waals surface area contributed by atoms with Crippen LogP contribution in [-0.4, -0.2) is 0 Å². The molecule has 0 unspecified atom stereocenters. The average Bonchev–Trinajstić information content (AvgIpc) is 2.72. The molecule has 0 amide bonds. The summed E-state index contributed by atoms with van der Waals surface area (Å²) in [5.74, 6) is 0. The molecule has 1 aliphatic heterocycles. The SMILES string of the molecule is C1=CNc2c(ccc3c2ccc2ccccc23)C=C1. The summed E-state index contributed by atoms with van der Waals surface area (Å²) >= 11 is 0. The van der Waals surface area contributed by atoms with E-state index in [0.29, 0.717) is 0 Å². The summed E-state index contributed by atoms with van der Waals surface area (Å²) < 4.78 is 0. The maximum Gasteiger partial charge on any atom is 0.0533 e. The van der Waals surface area contributed by atoms with Crippen molar-refractivity contribution >= 4 is 33.3 Å². The highest BCUT2D eigenvalue weighted by Crippen LogP contribution is 2.34. The maximum absolute atomic E-state index is 3.39. The number of nitrogens with one attached hydrogen (secondary N) is 1. The van der Waals surface area contributed by atoms with Crippen molar-refractivity contribution in [2.24, 2.45) is 0 Å². The van der Waals surface area contributed by atoms with E-state index in [4.69, 9.17) is 0 Å². The van der Waals surface area contributed by atoms with E-state index >= 15 is 0 Å². The third-order valence-corrected chi connectivity index (χ3v) is 3.67. The number of benzene rings is 3. The van der Waals surface area contributed by atoms with Gasteiger partial charge in [0.25, 0.3) is 0 Å². The number of hydrogen-bond acceptors (Lipinski definition) is 1. The van der Waals surface area contributed by atoms with Gasteiger partial charge in [0.2, 0.25) is 0 Å². The standard InChI is InChI=1S/C18H13N/c1-2-7-15-13(5-1)8-11-17-16(15)10-9-14-6-3-4-12-19-18(14)17/h1-12,19H. The summed E-state index contributed by atoms with van der Waals surface area (Å²) in [6.45, 7) is 0. The van der Waals surface area contributed by atoms with E-state index in [-0.39, 0.29) is 0 Å². The molecule has 0 atom stereocenters. The Morgan fingerprint density at radius 3 is 2.58 bits per heavy atom. The van der Waals surface area contributed by atoms with E-state index in [2.05, 4.69) is 66.0 Å². The predicted molar refractivity (Wildman–Crippen MR) is 83.3 cm³/mol. The zero-order valence-corrected chi connectivity index (χ0v) is 10.4. The van der Waals surface area contributed by atoms with Gasteiger partial charge in [-0.3, -0.25) is 0 Å². The van der Waals surface area contributed by atoms with Gasteiger partial charge in [-0.05, 0) is 27.8 Å². The van der Waals surface area contributed by atoms with Gasteiger partial charge in [0.05, 0.1) is 5.69 Å². The van der Waals surface area contributed by atoms with Gasteiger partial charge in [0, 0.05) is 11.6 Å². The molecular weight excluding hydrogens is 230 g/mol. The zero-order chi connectivity index (χ0) is 12.7. The molecule has 0 saturated carbocycles. The highest BCUT2D eigenvalue weighted by Gasteiger charge is 2.08. The first-order chi connectivity index (χ1) is 9.43. The van der Waals surface area contributed by atoms with Crippen LogP contribution in [0.1, 0.15) is 5.56 Å². The Morgan fingerprint density at radius 1 is 0.684 bits per heavy atom. The average molecular weight is 243 g/mol. The fourth-order valence-electron chi connectivity index (χ4n) is 2.75. The van der Waals surface area contributed by atoms with Gasteiger partial charge in [-0.1, -0.05) is 60.7 Å². The monoisotopic (exact) mass is 243 g/mol. The molecule has 0 saturated heterocycles. The Bertz CT molecular complexity index is 841. The van der Waals surface area contributed by atoms with Gasteiger partial charge in [0.1, 0.15) is 0 Å². The van der Waals surface area contributed by atoms with E-state index in [1.807, 2.05) is 12.3 Å². The van der Waals surface area contributed by atoms with Gasteiger partial charge in [-0.15, -0.1) is 0 Å². The smallest absolute Gasteiger partial charge is 0.0533 e. The quantitative estimate of drug-likeness (QED) is 0.551. The van der Waals surface area contributed by atoms with Crippen molar-refractivity contribution in [3.05, 3.63) is 72.4 Å². The molecule has 4 rings (SSSR count). The predicted octanol–water partition coefficient (Wildman–Crippen LogP) is 4.95. The topological polar surface area (TPSA) is 12.0 Å². The van der Waals surface area contributed by atoms with Crippen molar-refractivity contribution in [3.63, 3.8) is 0 Å². The van der Waals surface area contributed by atoms with Crippen molar-refractivity contribution in [3.8, 4) is 0 Å².